The number of hydrogen-bond donors (Lipinski definition) is 2. The van der Waals surface area contributed by atoms with Crippen LogP contribution in [-0.2, 0) is 25.7 Å². The van der Waals surface area contributed by atoms with Crippen LogP contribution in [0.15, 0.2) is 42.7 Å². The predicted octanol–water partition coefficient (Wildman–Crippen LogP) is 6.74. The topological polar surface area (TPSA) is 75.7 Å². The molecule has 7 heteroatoms. The molecular formula is C32H38FN5O. The zero-order valence-corrected chi connectivity index (χ0v) is 23.2. The van der Waals surface area contributed by atoms with Crippen LogP contribution in [0.2, 0.25) is 0 Å². The Morgan fingerprint density at radius 2 is 1.97 bits per heavy atom. The van der Waals surface area contributed by atoms with E-state index >= 15 is 0 Å². The standard InChI is InChI=1S/C32H38FN5O/c1-20-14-24-15-22(23-4-6-27-29(17-23)38-31(37-27)34-12-11-33)5-7-30(24)39-13-9-21(20)16-28-25-18-32(2,3)10-8-26(25)35-19-36-28/h4-7,15,17,19-21H,8-14,16,18H2,1-3H3,(H2,34,37,38). The lowest BCUT2D eigenvalue weighted by molar-refractivity contribution is 0.219. The van der Waals surface area contributed by atoms with Crippen molar-refractivity contribution >= 4 is 17.0 Å². The number of anilines is 1. The number of aromatic amines is 1. The number of H-pyrrole nitrogens is 1. The SMILES string of the molecule is CC1Cc2cc(-c3ccc4nc(NCCF)[nH]c4c3)ccc2OCCC1Cc1ncnc2c1CC(C)(C)CC2. The first-order valence-electron chi connectivity index (χ1n) is 14.3. The van der Waals surface area contributed by atoms with Crippen LogP contribution in [-0.4, -0.2) is 39.8 Å². The van der Waals surface area contributed by atoms with Gasteiger partial charge in [-0.1, -0.05) is 32.9 Å². The monoisotopic (exact) mass is 527 g/mol. The van der Waals surface area contributed by atoms with Gasteiger partial charge in [0.2, 0.25) is 5.95 Å². The Kier molecular flexibility index (Phi) is 7.00. The van der Waals surface area contributed by atoms with Gasteiger partial charge < -0.3 is 15.0 Å². The number of halogens is 1. The molecule has 2 aromatic carbocycles. The third kappa shape index (κ3) is 5.49. The first-order chi connectivity index (χ1) is 18.9. The Hall–Kier alpha value is -3.48. The minimum Gasteiger partial charge on any atom is -0.493 e. The van der Waals surface area contributed by atoms with E-state index in [1.165, 1.54) is 28.9 Å². The highest BCUT2D eigenvalue weighted by molar-refractivity contribution is 5.83. The van der Waals surface area contributed by atoms with Crippen LogP contribution < -0.4 is 10.1 Å². The Balaban J connectivity index is 1.23. The van der Waals surface area contributed by atoms with Gasteiger partial charge in [-0.3, -0.25) is 0 Å². The molecule has 0 saturated heterocycles. The Morgan fingerprint density at radius 1 is 1.13 bits per heavy atom. The summed E-state index contributed by atoms with van der Waals surface area (Å²) in [6.07, 6.45) is 8.06. The number of fused-ring (bicyclic) bond motifs is 3. The number of nitrogens with one attached hydrogen (secondary N) is 2. The fraction of sp³-hybridized carbons (Fsp3) is 0.469. The van der Waals surface area contributed by atoms with Crippen molar-refractivity contribution in [1.82, 2.24) is 19.9 Å². The van der Waals surface area contributed by atoms with Crippen molar-refractivity contribution in [3.63, 3.8) is 0 Å². The number of imidazole rings is 1. The van der Waals surface area contributed by atoms with Gasteiger partial charge in [0, 0.05) is 17.9 Å². The number of alkyl halides is 1. The summed E-state index contributed by atoms with van der Waals surface area (Å²) in [5, 5.41) is 2.98. The maximum absolute atomic E-state index is 12.5. The van der Waals surface area contributed by atoms with E-state index in [4.69, 9.17) is 9.72 Å². The summed E-state index contributed by atoms with van der Waals surface area (Å²) in [6, 6.07) is 12.8. The second-order valence-corrected chi connectivity index (χ2v) is 12.1. The number of benzene rings is 2. The summed E-state index contributed by atoms with van der Waals surface area (Å²) in [5.41, 5.74) is 9.52. The summed E-state index contributed by atoms with van der Waals surface area (Å²) in [6.45, 7) is 7.63. The fourth-order valence-electron chi connectivity index (χ4n) is 6.28. The number of ether oxygens (including phenoxy) is 1. The lowest BCUT2D eigenvalue weighted by Crippen LogP contribution is -2.27. The van der Waals surface area contributed by atoms with Gasteiger partial charge in [0.1, 0.15) is 18.8 Å². The molecule has 2 aliphatic rings. The Morgan fingerprint density at radius 3 is 2.85 bits per heavy atom. The van der Waals surface area contributed by atoms with Crippen LogP contribution >= 0.6 is 0 Å². The van der Waals surface area contributed by atoms with E-state index in [0.717, 1.165) is 66.6 Å². The molecule has 204 valence electrons. The molecule has 0 saturated carbocycles. The van der Waals surface area contributed by atoms with E-state index in [1.807, 2.05) is 6.07 Å². The highest BCUT2D eigenvalue weighted by Gasteiger charge is 2.30. The van der Waals surface area contributed by atoms with Gasteiger partial charge >= 0.3 is 0 Å². The lowest BCUT2D eigenvalue weighted by atomic mass is 9.74. The molecule has 1 aliphatic carbocycles. The maximum Gasteiger partial charge on any atom is 0.201 e. The van der Waals surface area contributed by atoms with Gasteiger partial charge in [0.05, 0.1) is 17.6 Å². The average Bonchev–Trinajstić information content (AvgIpc) is 3.33. The highest BCUT2D eigenvalue weighted by Crippen LogP contribution is 2.38. The fourth-order valence-corrected chi connectivity index (χ4v) is 6.28. The van der Waals surface area contributed by atoms with Crippen LogP contribution in [0.5, 0.6) is 5.75 Å². The molecule has 2 N–H and O–H groups in total. The molecule has 39 heavy (non-hydrogen) atoms. The summed E-state index contributed by atoms with van der Waals surface area (Å²) in [5.74, 6) is 2.59. The molecule has 0 spiro atoms. The quantitative estimate of drug-likeness (QED) is 0.291. The highest BCUT2D eigenvalue weighted by atomic mass is 19.1. The predicted molar refractivity (Wildman–Crippen MR) is 154 cm³/mol. The van der Waals surface area contributed by atoms with E-state index in [9.17, 15) is 4.39 Å². The molecule has 1 aliphatic heterocycles. The number of hydrogen-bond acceptors (Lipinski definition) is 5. The molecule has 0 fully saturated rings. The molecule has 6 nitrogen and oxygen atoms in total. The van der Waals surface area contributed by atoms with E-state index in [-0.39, 0.29) is 6.54 Å². The summed E-state index contributed by atoms with van der Waals surface area (Å²) in [7, 11) is 0. The van der Waals surface area contributed by atoms with Crippen molar-refractivity contribution < 1.29 is 9.13 Å². The minimum atomic E-state index is -0.432. The van der Waals surface area contributed by atoms with Crippen LogP contribution in [0.3, 0.4) is 0 Å². The molecule has 2 unspecified atom stereocenters. The van der Waals surface area contributed by atoms with Gasteiger partial charge in [-0.15, -0.1) is 0 Å². The molecule has 0 radical (unpaired) electrons. The Labute approximate surface area is 229 Å². The first-order valence-corrected chi connectivity index (χ1v) is 14.3. The van der Waals surface area contributed by atoms with Gasteiger partial charge in [0.15, 0.2) is 0 Å². The maximum atomic E-state index is 12.5. The third-order valence-corrected chi connectivity index (χ3v) is 8.63. The van der Waals surface area contributed by atoms with Gasteiger partial charge in [-0.2, -0.15) is 0 Å². The van der Waals surface area contributed by atoms with Crippen molar-refractivity contribution in [2.45, 2.75) is 59.3 Å². The van der Waals surface area contributed by atoms with E-state index in [0.29, 0.717) is 23.2 Å². The second-order valence-electron chi connectivity index (χ2n) is 12.1. The first kappa shape index (κ1) is 25.8. The summed E-state index contributed by atoms with van der Waals surface area (Å²) in [4.78, 5) is 17.2. The molecule has 6 rings (SSSR count). The zero-order chi connectivity index (χ0) is 27.0. The van der Waals surface area contributed by atoms with Gasteiger partial charge in [-0.05, 0) is 102 Å². The normalized spacial score (nSPS) is 20.4. The van der Waals surface area contributed by atoms with Crippen molar-refractivity contribution in [2.24, 2.45) is 17.3 Å². The van der Waals surface area contributed by atoms with Crippen molar-refractivity contribution in [2.75, 3.05) is 25.1 Å². The summed E-state index contributed by atoms with van der Waals surface area (Å²) < 4.78 is 18.9. The number of aromatic nitrogens is 4. The largest absolute Gasteiger partial charge is 0.493 e. The molecule has 2 aromatic heterocycles. The molecule has 0 bridgehead atoms. The van der Waals surface area contributed by atoms with E-state index < -0.39 is 6.67 Å². The van der Waals surface area contributed by atoms with Crippen LogP contribution in [0, 0.1) is 17.3 Å². The molecular weight excluding hydrogens is 489 g/mol. The zero-order valence-electron chi connectivity index (χ0n) is 23.2. The Bertz CT molecular complexity index is 1480. The van der Waals surface area contributed by atoms with Crippen molar-refractivity contribution in [1.29, 1.82) is 0 Å². The smallest absolute Gasteiger partial charge is 0.201 e. The molecule has 2 atom stereocenters. The molecule has 3 heterocycles. The third-order valence-electron chi connectivity index (χ3n) is 8.63. The summed E-state index contributed by atoms with van der Waals surface area (Å²) >= 11 is 0. The van der Waals surface area contributed by atoms with Crippen LogP contribution in [0.4, 0.5) is 10.3 Å². The lowest BCUT2D eigenvalue weighted by Gasteiger charge is -2.33. The van der Waals surface area contributed by atoms with Crippen molar-refractivity contribution in [3.05, 3.63) is 65.2 Å². The second kappa shape index (κ2) is 10.6. The van der Waals surface area contributed by atoms with Crippen molar-refractivity contribution in [3.8, 4) is 16.9 Å². The minimum absolute atomic E-state index is 0.244. The van der Waals surface area contributed by atoms with Gasteiger partial charge in [0.25, 0.3) is 0 Å². The number of rotatable bonds is 6. The van der Waals surface area contributed by atoms with E-state index in [2.05, 4.69) is 71.4 Å². The van der Waals surface area contributed by atoms with Crippen LogP contribution in [0.1, 0.15) is 56.1 Å². The average molecular weight is 528 g/mol. The van der Waals surface area contributed by atoms with Crippen LogP contribution in [0.25, 0.3) is 22.2 Å². The molecule has 0 amide bonds. The van der Waals surface area contributed by atoms with E-state index in [1.54, 1.807) is 6.33 Å². The number of nitrogens with zero attached hydrogens (tertiary/aromatic N) is 3. The van der Waals surface area contributed by atoms with Gasteiger partial charge in [-0.25, -0.2) is 19.3 Å². The number of aryl methyl sites for hydroxylation is 1. The molecule has 4 aromatic rings.